The first-order chi connectivity index (χ1) is 9.54. The highest BCUT2D eigenvalue weighted by molar-refractivity contribution is 9.10. The van der Waals surface area contributed by atoms with E-state index in [1.54, 1.807) is 11.8 Å². The Hall–Kier alpha value is -0.0800. The van der Waals surface area contributed by atoms with Gasteiger partial charge in [-0.05, 0) is 23.9 Å². The summed E-state index contributed by atoms with van der Waals surface area (Å²) in [6.45, 7) is 4.83. The number of rotatable bonds is 2. The van der Waals surface area contributed by atoms with E-state index in [4.69, 9.17) is 0 Å². The van der Waals surface area contributed by atoms with E-state index in [2.05, 4.69) is 44.3 Å². The Balaban J connectivity index is 0.00000161. The molecule has 0 aromatic heterocycles. The van der Waals surface area contributed by atoms with Crippen molar-refractivity contribution in [3.05, 3.63) is 34.3 Å². The molecule has 7 heteroatoms. The van der Waals surface area contributed by atoms with Crippen LogP contribution in [0.5, 0.6) is 0 Å². The third-order valence-corrected chi connectivity index (χ3v) is 5.78. The summed E-state index contributed by atoms with van der Waals surface area (Å²) in [7, 11) is 2.09. The Morgan fingerprint density at radius 2 is 2.05 bits per heavy atom. The molecule has 1 fully saturated rings. The third kappa shape index (κ3) is 3.03. The minimum atomic E-state index is -0.914. The van der Waals surface area contributed by atoms with Gasteiger partial charge < -0.3 is 22.1 Å². The van der Waals surface area contributed by atoms with E-state index in [0.29, 0.717) is 5.75 Å². The fraction of sp³-hybridized carbons (Fsp3) is 0.500. The van der Waals surface area contributed by atoms with Gasteiger partial charge in [0.05, 0.1) is 12.8 Å². The normalized spacial score (nSPS) is 25.8. The van der Waals surface area contributed by atoms with Crippen molar-refractivity contribution >= 4 is 32.9 Å². The van der Waals surface area contributed by atoms with Crippen LogP contribution in [-0.2, 0) is 5.72 Å². The van der Waals surface area contributed by atoms with Crippen molar-refractivity contribution in [3.63, 3.8) is 0 Å². The van der Waals surface area contributed by atoms with E-state index < -0.39 is 5.72 Å². The van der Waals surface area contributed by atoms with Crippen LogP contribution >= 0.6 is 27.7 Å². The second-order valence-corrected chi connectivity index (χ2v) is 7.15. The molecule has 0 aliphatic carbocycles. The van der Waals surface area contributed by atoms with Gasteiger partial charge in [0.1, 0.15) is 13.3 Å². The molecule has 0 bridgehead atoms. The van der Waals surface area contributed by atoms with Crippen LogP contribution in [0.2, 0.25) is 0 Å². The predicted octanol–water partition coefficient (Wildman–Crippen LogP) is -1.10. The molecule has 1 atom stereocenters. The van der Waals surface area contributed by atoms with Gasteiger partial charge in [-0.1, -0.05) is 35.0 Å². The molecule has 1 aromatic rings. The maximum atomic E-state index is 11.2. The fourth-order valence-electron chi connectivity index (χ4n) is 2.73. The molecule has 2 aliphatic heterocycles. The summed E-state index contributed by atoms with van der Waals surface area (Å²) >= 11 is 5.18. The van der Waals surface area contributed by atoms with Crippen molar-refractivity contribution in [2.24, 2.45) is 0 Å². The SMILES string of the molecule is CCN1CN2C(=[N+](C)C1)SCC2(O)c1ccc(Br)cc1.[Br-]. The molecule has 1 aromatic carbocycles. The molecule has 2 aliphatic rings. The van der Waals surface area contributed by atoms with Crippen LogP contribution in [0.15, 0.2) is 28.7 Å². The molecule has 1 saturated heterocycles. The molecule has 3 rings (SSSR count). The first-order valence-electron chi connectivity index (χ1n) is 6.74. The molecule has 0 saturated carbocycles. The van der Waals surface area contributed by atoms with Gasteiger partial charge in [0, 0.05) is 16.6 Å². The lowest BCUT2D eigenvalue weighted by Gasteiger charge is -2.35. The largest absolute Gasteiger partial charge is 1.00 e. The molecule has 4 nitrogen and oxygen atoms in total. The number of thioether (sulfide) groups is 1. The van der Waals surface area contributed by atoms with Crippen molar-refractivity contribution in [1.82, 2.24) is 9.80 Å². The van der Waals surface area contributed by atoms with Gasteiger partial charge in [-0.15, -0.1) is 0 Å². The highest BCUT2D eigenvalue weighted by atomic mass is 79.9. The molecule has 2 heterocycles. The quantitative estimate of drug-likeness (QED) is 0.596. The van der Waals surface area contributed by atoms with Crippen molar-refractivity contribution in [2.75, 3.05) is 32.7 Å². The van der Waals surface area contributed by atoms with Crippen molar-refractivity contribution in [2.45, 2.75) is 12.6 Å². The zero-order valence-corrected chi connectivity index (χ0v) is 16.1. The summed E-state index contributed by atoms with van der Waals surface area (Å²) in [6.07, 6.45) is 0. The summed E-state index contributed by atoms with van der Waals surface area (Å²) in [4.78, 5) is 4.44. The minimum Gasteiger partial charge on any atom is -1.00 e. The lowest BCUT2D eigenvalue weighted by Crippen LogP contribution is -3.00. The molecule has 116 valence electrons. The topological polar surface area (TPSA) is 29.7 Å². The van der Waals surface area contributed by atoms with E-state index in [-0.39, 0.29) is 17.0 Å². The molecule has 0 radical (unpaired) electrons. The lowest BCUT2D eigenvalue weighted by molar-refractivity contribution is -0.534. The van der Waals surface area contributed by atoms with Gasteiger partial charge in [0.2, 0.25) is 5.72 Å². The summed E-state index contributed by atoms with van der Waals surface area (Å²) < 4.78 is 3.25. The van der Waals surface area contributed by atoms with Crippen LogP contribution in [0.1, 0.15) is 12.5 Å². The highest BCUT2D eigenvalue weighted by Crippen LogP contribution is 2.40. The predicted molar refractivity (Wildman–Crippen MR) is 85.6 cm³/mol. The molecule has 1 unspecified atom stereocenters. The molecule has 1 N–H and O–H groups in total. The first-order valence-corrected chi connectivity index (χ1v) is 8.52. The van der Waals surface area contributed by atoms with Crippen LogP contribution in [0.4, 0.5) is 0 Å². The van der Waals surface area contributed by atoms with Gasteiger partial charge >= 0.3 is 5.17 Å². The highest BCUT2D eigenvalue weighted by Gasteiger charge is 2.53. The second kappa shape index (κ2) is 6.58. The van der Waals surface area contributed by atoms with Crippen molar-refractivity contribution in [3.8, 4) is 0 Å². The molecular weight excluding hydrogens is 418 g/mol. The number of nitrogens with zero attached hydrogens (tertiary/aromatic N) is 3. The minimum absolute atomic E-state index is 0. The van der Waals surface area contributed by atoms with E-state index >= 15 is 0 Å². The van der Waals surface area contributed by atoms with Crippen LogP contribution < -0.4 is 17.0 Å². The number of benzene rings is 1. The zero-order chi connectivity index (χ0) is 14.3. The number of fused-ring (bicyclic) bond motifs is 1. The smallest absolute Gasteiger partial charge is 0.313 e. The molecule has 21 heavy (non-hydrogen) atoms. The Morgan fingerprint density at radius 1 is 1.38 bits per heavy atom. The van der Waals surface area contributed by atoms with Crippen LogP contribution in [0.25, 0.3) is 0 Å². The van der Waals surface area contributed by atoms with Gasteiger partial charge in [0.25, 0.3) is 0 Å². The Kier molecular flexibility index (Phi) is 5.41. The third-order valence-electron chi connectivity index (χ3n) is 3.91. The van der Waals surface area contributed by atoms with Gasteiger partial charge in [-0.3, -0.25) is 0 Å². The van der Waals surface area contributed by atoms with Gasteiger partial charge in [-0.25, -0.2) is 14.4 Å². The Morgan fingerprint density at radius 3 is 2.67 bits per heavy atom. The van der Waals surface area contributed by atoms with E-state index in [0.717, 1.165) is 29.9 Å². The Bertz CT molecular complexity index is 552. The number of amidine groups is 1. The van der Waals surface area contributed by atoms with Gasteiger partial charge in [-0.2, -0.15) is 0 Å². The van der Waals surface area contributed by atoms with Gasteiger partial charge in [0.15, 0.2) is 0 Å². The number of aliphatic hydroxyl groups is 1. The van der Waals surface area contributed by atoms with Crippen molar-refractivity contribution in [1.29, 1.82) is 0 Å². The fourth-order valence-corrected chi connectivity index (χ4v) is 4.29. The first kappa shape index (κ1) is 17.3. The number of hydrogen-bond acceptors (Lipinski definition) is 4. The van der Waals surface area contributed by atoms with E-state index in [9.17, 15) is 5.11 Å². The van der Waals surface area contributed by atoms with Crippen molar-refractivity contribution < 1.29 is 26.7 Å². The maximum absolute atomic E-state index is 11.2. The Labute approximate surface area is 148 Å². The maximum Gasteiger partial charge on any atom is 0.313 e. The molecular formula is C14H19Br2N3OS. The summed E-state index contributed by atoms with van der Waals surface area (Å²) in [5.74, 6) is 0.672. The lowest BCUT2D eigenvalue weighted by atomic mass is 10.0. The second-order valence-electron chi connectivity index (χ2n) is 5.29. The number of hydrogen-bond donors (Lipinski definition) is 1. The average molecular weight is 437 g/mol. The standard InChI is InChI=1S/C14H19BrN3OS.BrH/c1-3-17-9-16(2)13-18(10-17)14(19,8-20-13)11-4-6-12(15)7-5-11;/h4-7,19H,3,8-10H2,1-2H3;1H/q+1;/p-1. The van der Waals surface area contributed by atoms with Crippen LogP contribution in [0, 0.1) is 0 Å². The summed E-state index contributed by atoms with van der Waals surface area (Å²) in [5.41, 5.74) is 0.0394. The monoisotopic (exact) mass is 435 g/mol. The molecule has 0 spiro atoms. The molecule has 0 amide bonds. The summed E-state index contributed by atoms with van der Waals surface area (Å²) in [6, 6.07) is 7.97. The van der Waals surface area contributed by atoms with E-state index in [1.165, 1.54) is 5.17 Å². The van der Waals surface area contributed by atoms with Crippen LogP contribution in [-0.4, -0.2) is 57.3 Å². The zero-order valence-electron chi connectivity index (χ0n) is 12.1. The number of halogens is 2. The average Bonchev–Trinajstić information content (AvgIpc) is 2.79. The van der Waals surface area contributed by atoms with Crippen LogP contribution in [0.3, 0.4) is 0 Å². The van der Waals surface area contributed by atoms with E-state index in [1.807, 2.05) is 24.3 Å². The summed E-state index contributed by atoms with van der Waals surface area (Å²) in [5, 5.41) is 12.4.